The maximum atomic E-state index is 10.3. The molecule has 0 saturated carbocycles. The molecule has 0 heterocycles. The Bertz CT molecular complexity index is 231. The Kier molecular flexibility index (Phi) is 15.6. The molecule has 7 heteroatoms. The minimum atomic E-state index is -0.372. The fourth-order valence-electron chi connectivity index (χ4n) is 0.602. The van der Waals surface area contributed by atoms with Gasteiger partial charge in [-0.3, -0.25) is 4.79 Å². The van der Waals surface area contributed by atoms with Crippen molar-refractivity contribution in [1.29, 1.82) is 0 Å². The Hall–Kier alpha value is -1.31. The molecule has 0 aliphatic rings. The average molecular weight is 248 g/mol. The molecule has 0 rings (SSSR count). The molecule has 7 nitrogen and oxygen atoms in total. The second-order valence-corrected chi connectivity index (χ2v) is 2.63. The van der Waals surface area contributed by atoms with Crippen molar-refractivity contribution in [2.45, 2.75) is 6.92 Å². The highest BCUT2D eigenvalue weighted by atomic mass is 16.6. The van der Waals surface area contributed by atoms with Crippen molar-refractivity contribution in [1.82, 2.24) is 0 Å². The van der Waals surface area contributed by atoms with Crippen LogP contribution in [-0.4, -0.2) is 58.7 Å². The number of carbonyl (C=O) groups is 2. The van der Waals surface area contributed by atoms with Gasteiger partial charge in [0.15, 0.2) is 0 Å². The molecule has 0 bridgehead atoms. The number of nitrogens with two attached hydrogens (primary N) is 1. The molecule has 0 radical (unpaired) electrons. The zero-order chi connectivity index (χ0) is 13.5. The number of amides is 1. The maximum absolute atomic E-state index is 10.3. The molecule has 2 N–H and O–H groups in total. The van der Waals surface area contributed by atoms with Crippen molar-refractivity contribution in [3.63, 3.8) is 0 Å². The van der Waals surface area contributed by atoms with Crippen molar-refractivity contribution in [3.05, 3.63) is 0 Å². The van der Waals surface area contributed by atoms with Crippen LogP contribution in [0.2, 0.25) is 0 Å². The Morgan fingerprint density at radius 3 is 2.35 bits per heavy atom. The minimum absolute atomic E-state index is 0.00625. The lowest BCUT2D eigenvalue weighted by molar-refractivity contribution is -0.145. The van der Waals surface area contributed by atoms with Gasteiger partial charge >= 0.3 is 5.97 Å². The fraction of sp³-hybridized carbons (Fsp3) is 0.700. The molecule has 0 spiro atoms. The van der Waals surface area contributed by atoms with Crippen molar-refractivity contribution < 1.29 is 23.8 Å². The van der Waals surface area contributed by atoms with Gasteiger partial charge in [0.05, 0.1) is 13.7 Å². The second-order valence-electron chi connectivity index (χ2n) is 2.63. The van der Waals surface area contributed by atoms with Gasteiger partial charge in [-0.05, 0) is 6.92 Å². The van der Waals surface area contributed by atoms with Gasteiger partial charge in [-0.2, -0.15) is 0 Å². The summed E-state index contributed by atoms with van der Waals surface area (Å²) < 4.78 is 13.5. The van der Waals surface area contributed by atoms with Crippen LogP contribution in [-0.2, 0) is 23.8 Å². The smallest absolute Gasteiger partial charge is 0.331 e. The van der Waals surface area contributed by atoms with E-state index in [9.17, 15) is 9.59 Å². The Balaban J connectivity index is 0. The summed E-state index contributed by atoms with van der Waals surface area (Å²) in [6.07, 6.45) is 1.45. The van der Waals surface area contributed by atoms with E-state index in [1.165, 1.54) is 20.4 Å². The van der Waals surface area contributed by atoms with E-state index in [4.69, 9.17) is 10.5 Å². The first-order valence-corrected chi connectivity index (χ1v) is 4.97. The SMILES string of the molecule is CC=NC(=O)COC.COC(=O)COCCN. The van der Waals surface area contributed by atoms with E-state index in [-0.39, 0.29) is 25.1 Å². The normalized spacial score (nSPS) is 9.65. The van der Waals surface area contributed by atoms with Gasteiger partial charge < -0.3 is 19.9 Å². The van der Waals surface area contributed by atoms with E-state index >= 15 is 0 Å². The van der Waals surface area contributed by atoms with Crippen molar-refractivity contribution in [2.24, 2.45) is 10.7 Å². The Labute approximate surface area is 101 Å². The summed E-state index contributed by atoms with van der Waals surface area (Å²) in [7, 11) is 2.78. The number of nitrogens with zero attached hydrogens (tertiary/aromatic N) is 1. The monoisotopic (exact) mass is 248 g/mol. The molecule has 1 amide bonds. The maximum Gasteiger partial charge on any atom is 0.331 e. The lowest BCUT2D eigenvalue weighted by atomic mass is 10.7. The molecule has 0 aliphatic heterocycles. The summed E-state index contributed by atoms with van der Waals surface area (Å²) in [5.41, 5.74) is 5.08. The molecular formula is C10H20N2O5. The number of esters is 1. The fourth-order valence-corrected chi connectivity index (χ4v) is 0.602. The topological polar surface area (TPSA) is 100 Å². The first-order chi connectivity index (χ1) is 8.12. The number of rotatable bonds is 6. The first-order valence-electron chi connectivity index (χ1n) is 4.97. The van der Waals surface area contributed by atoms with Gasteiger partial charge in [-0.15, -0.1) is 0 Å². The van der Waals surface area contributed by atoms with Gasteiger partial charge in [0.1, 0.15) is 13.2 Å². The number of hydrogen-bond acceptors (Lipinski definition) is 6. The third-order valence-electron chi connectivity index (χ3n) is 1.25. The molecule has 0 atom stereocenters. The first kappa shape index (κ1) is 18.1. The van der Waals surface area contributed by atoms with E-state index in [1.54, 1.807) is 6.92 Å². The quantitative estimate of drug-likeness (QED) is 0.382. The Morgan fingerprint density at radius 1 is 1.29 bits per heavy atom. The summed E-state index contributed by atoms with van der Waals surface area (Å²) in [6.45, 7) is 2.58. The molecule has 0 fully saturated rings. The van der Waals surface area contributed by atoms with Crippen LogP contribution in [0.1, 0.15) is 6.92 Å². The van der Waals surface area contributed by atoms with Gasteiger partial charge in [-0.1, -0.05) is 0 Å². The number of methoxy groups -OCH3 is 2. The molecule has 0 aliphatic carbocycles. The summed E-state index contributed by atoms with van der Waals surface area (Å²) >= 11 is 0. The van der Waals surface area contributed by atoms with Crippen LogP contribution in [0.15, 0.2) is 4.99 Å². The van der Waals surface area contributed by atoms with Gasteiger partial charge in [0, 0.05) is 19.9 Å². The highest BCUT2D eigenvalue weighted by Crippen LogP contribution is 1.75. The molecule has 0 saturated heterocycles. The van der Waals surface area contributed by atoms with Gasteiger partial charge in [0.2, 0.25) is 0 Å². The molecule has 17 heavy (non-hydrogen) atoms. The number of hydrogen-bond donors (Lipinski definition) is 1. The summed E-state index contributed by atoms with van der Waals surface area (Å²) in [5.74, 6) is -0.613. The van der Waals surface area contributed by atoms with Crippen LogP contribution in [0, 0.1) is 0 Å². The standard InChI is InChI=1S/C5H11NO3.C5H9NO2/c1-8-5(7)4-9-3-2-6;1-3-6-5(7)4-8-2/h2-4,6H2,1H3;3H,4H2,1-2H3. The lowest BCUT2D eigenvalue weighted by Crippen LogP contribution is -2.15. The van der Waals surface area contributed by atoms with Crippen LogP contribution in [0.3, 0.4) is 0 Å². The summed E-state index contributed by atoms with van der Waals surface area (Å²) in [4.78, 5) is 24.0. The highest BCUT2D eigenvalue weighted by molar-refractivity contribution is 5.85. The second kappa shape index (κ2) is 14.7. The van der Waals surface area contributed by atoms with Crippen LogP contribution >= 0.6 is 0 Å². The number of carbonyl (C=O) groups excluding carboxylic acids is 2. The zero-order valence-corrected chi connectivity index (χ0v) is 10.5. The van der Waals surface area contributed by atoms with E-state index in [0.717, 1.165) is 0 Å². The molecule has 0 aromatic rings. The largest absolute Gasteiger partial charge is 0.467 e. The Morgan fingerprint density at radius 2 is 1.94 bits per heavy atom. The molecular weight excluding hydrogens is 228 g/mol. The summed E-state index contributed by atoms with van der Waals surface area (Å²) in [6, 6.07) is 0. The summed E-state index contributed by atoms with van der Waals surface area (Å²) in [5, 5.41) is 0. The number of ether oxygens (including phenoxy) is 3. The predicted octanol–water partition coefficient (Wildman–Crippen LogP) is -0.615. The third-order valence-corrected chi connectivity index (χ3v) is 1.25. The van der Waals surface area contributed by atoms with Gasteiger partial charge in [0.25, 0.3) is 5.91 Å². The van der Waals surface area contributed by atoms with Crippen molar-refractivity contribution in [3.8, 4) is 0 Å². The average Bonchev–Trinajstić information content (AvgIpc) is 2.30. The molecule has 0 aromatic heterocycles. The van der Waals surface area contributed by atoms with E-state index in [2.05, 4.69) is 14.5 Å². The number of aliphatic imine (C=N–C) groups is 1. The minimum Gasteiger partial charge on any atom is -0.467 e. The van der Waals surface area contributed by atoms with Gasteiger partial charge in [-0.25, -0.2) is 9.79 Å². The third kappa shape index (κ3) is 17.3. The highest BCUT2D eigenvalue weighted by Gasteiger charge is 1.96. The van der Waals surface area contributed by atoms with E-state index in [0.29, 0.717) is 13.2 Å². The zero-order valence-electron chi connectivity index (χ0n) is 10.5. The molecule has 100 valence electrons. The molecule has 0 unspecified atom stereocenters. The van der Waals surface area contributed by atoms with Crippen molar-refractivity contribution in [2.75, 3.05) is 40.6 Å². The van der Waals surface area contributed by atoms with Crippen LogP contribution in [0.4, 0.5) is 0 Å². The van der Waals surface area contributed by atoms with E-state index < -0.39 is 0 Å². The van der Waals surface area contributed by atoms with Crippen LogP contribution < -0.4 is 5.73 Å². The molecule has 0 aromatic carbocycles. The predicted molar refractivity (Wildman–Crippen MR) is 62.9 cm³/mol. The lowest BCUT2D eigenvalue weighted by Gasteiger charge is -1.98. The van der Waals surface area contributed by atoms with Crippen LogP contribution in [0.5, 0.6) is 0 Å². The van der Waals surface area contributed by atoms with Crippen LogP contribution in [0.25, 0.3) is 0 Å². The van der Waals surface area contributed by atoms with E-state index in [1.807, 2.05) is 0 Å². The van der Waals surface area contributed by atoms with Crippen molar-refractivity contribution >= 4 is 18.1 Å².